The molecule has 1 aliphatic rings. The van der Waals surface area contributed by atoms with E-state index < -0.39 is 0 Å². The number of aromatic nitrogens is 2. The van der Waals surface area contributed by atoms with Crippen molar-refractivity contribution in [3.05, 3.63) is 111 Å². The van der Waals surface area contributed by atoms with Gasteiger partial charge in [0.25, 0.3) is 5.56 Å². The fourth-order valence-corrected chi connectivity index (χ4v) is 6.01. The standard InChI is InChI=1S/C33H30BrN3O3/c1-39-30-19-26(34)18-25(31(30)40-21-24-14-9-13-22-10-5-6-15-27(22)24)20-35-37-32(23-11-3-2-4-12-23)36-29-17-8-7-16-28(29)33(37)38/h5-10,13-20,23H,2-4,11-12,21H2,1H3. The molecule has 7 heteroatoms. The lowest BCUT2D eigenvalue weighted by Gasteiger charge is -2.22. The molecule has 0 unspecified atom stereocenters. The summed E-state index contributed by atoms with van der Waals surface area (Å²) in [6.07, 6.45) is 7.16. The molecule has 0 amide bonds. The fraction of sp³-hybridized carbons (Fsp3) is 0.242. The minimum atomic E-state index is -0.164. The van der Waals surface area contributed by atoms with Crippen LogP contribution in [-0.4, -0.2) is 23.0 Å². The van der Waals surface area contributed by atoms with Gasteiger partial charge in [-0.25, -0.2) is 4.98 Å². The molecule has 0 saturated heterocycles. The second kappa shape index (κ2) is 11.6. The van der Waals surface area contributed by atoms with Gasteiger partial charge in [0, 0.05) is 16.0 Å². The number of ether oxygens (including phenoxy) is 2. The average molecular weight is 597 g/mol. The lowest BCUT2D eigenvalue weighted by Crippen LogP contribution is -2.25. The van der Waals surface area contributed by atoms with Crippen LogP contribution in [0.2, 0.25) is 0 Å². The molecule has 0 atom stereocenters. The van der Waals surface area contributed by atoms with Crippen LogP contribution in [0.3, 0.4) is 0 Å². The monoisotopic (exact) mass is 595 g/mol. The van der Waals surface area contributed by atoms with E-state index in [9.17, 15) is 4.79 Å². The Labute approximate surface area is 241 Å². The molecule has 1 heterocycles. The summed E-state index contributed by atoms with van der Waals surface area (Å²) >= 11 is 3.59. The zero-order valence-corrected chi connectivity index (χ0v) is 23.9. The van der Waals surface area contributed by atoms with Crippen LogP contribution >= 0.6 is 15.9 Å². The zero-order chi connectivity index (χ0) is 27.5. The van der Waals surface area contributed by atoms with Crippen LogP contribution in [0.15, 0.2) is 93.2 Å². The van der Waals surface area contributed by atoms with E-state index in [1.54, 1.807) is 13.3 Å². The van der Waals surface area contributed by atoms with Crippen LogP contribution in [0.1, 0.15) is 55.0 Å². The van der Waals surface area contributed by atoms with Crippen LogP contribution < -0.4 is 15.0 Å². The van der Waals surface area contributed by atoms with E-state index in [1.165, 1.54) is 11.1 Å². The number of para-hydroxylation sites is 1. The molecule has 0 aliphatic heterocycles. The number of rotatable bonds is 7. The predicted molar refractivity (Wildman–Crippen MR) is 164 cm³/mol. The summed E-state index contributed by atoms with van der Waals surface area (Å²) in [6.45, 7) is 0.352. The van der Waals surface area contributed by atoms with Crippen molar-refractivity contribution in [3.63, 3.8) is 0 Å². The highest BCUT2D eigenvalue weighted by Gasteiger charge is 2.22. The molecule has 0 radical (unpaired) electrons. The minimum Gasteiger partial charge on any atom is -0.493 e. The lowest BCUT2D eigenvalue weighted by atomic mass is 9.88. The minimum absolute atomic E-state index is 0.164. The summed E-state index contributed by atoms with van der Waals surface area (Å²) in [5, 5.41) is 7.60. The molecule has 0 N–H and O–H groups in total. The molecular weight excluding hydrogens is 566 g/mol. The molecule has 0 bridgehead atoms. The third-order valence-electron chi connectivity index (χ3n) is 7.58. The molecule has 1 aliphatic carbocycles. The summed E-state index contributed by atoms with van der Waals surface area (Å²) in [7, 11) is 1.62. The van der Waals surface area contributed by atoms with Crippen molar-refractivity contribution in [1.29, 1.82) is 0 Å². The summed E-state index contributed by atoms with van der Waals surface area (Å²) < 4.78 is 14.4. The predicted octanol–water partition coefficient (Wildman–Crippen LogP) is 7.83. The zero-order valence-electron chi connectivity index (χ0n) is 22.3. The molecule has 4 aromatic carbocycles. The maximum Gasteiger partial charge on any atom is 0.282 e. The van der Waals surface area contributed by atoms with E-state index in [-0.39, 0.29) is 11.5 Å². The van der Waals surface area contributed by atoms with Crippen molar-refractivity contribution in [1.82, 2.24) is 9.66 Å². The Morgan fingerprint density at radius 1 is 0.975 bits per heavy atom. The number of fused-ring (bicyclic) bond motifs is 2. The third-order valence-corrected chi connectivity index (χ3v) is 8.04. The van der Waals surface area contributed by atoms with Gasteiger partial charge in [0.2, 0.25) is 0 Å². The quantitative estimate of drug-likeness (QED) is 0.180. The van der Waals surface area contributed by atoms with Crippen molar-refractivity contribution < 1.29 is 9.47 Å². The Morgan fingerprint density at radius 2 is 1.73 bits per heavy atom. The van der Waals surface area contributed by atoms with E-state index in [2.05, 4.69) is 40.2 Å². The Kier molecular flexibility index (Phi) is 7.64. The molecular formula is C33H30BrN3O3. The highest BCUT2D eigenvalue weighted by atomic mass is 79.9. The molecule has 5 aromatic rings. The van der Waals surface area contributed by atoms with Crippen molar-refractivity contribution >= 4 is 43.8 Å². The molecule has 1 saturated carbocycles. The summed E-state index contributed by atoms with van der Waals surface area (Å²) in [6, 6.07) is 25.7. The summed E-state index contributed by atoms with van der Waals surface area (Å²) in [5.41, 5.74) is 2.31. The van der Waals surface area contributed by atoms with Gasteiger partial charge < -0.3 is 9.47 Å². The van der Waals surface area contributed by atoms with E-state index in [0.29, 0.717) is 34.6 Å². The first-order valence-corrected chi connectivity index (χ1v) is 14.4. The van der Waals surface area contributed by atoms with Crippen LogP contribution in [0.5, 0.6) is 11.5 Å². The average Bonchev–Trinajstić information content (AvgIpc) is 3.00. The molecule has 40 heavy (non-hydrogen) atoms. The van der Waals surface area contributed by atoms with Gasteiger partial charge in [-0.15, -0.1) is 0 Å². The van der Waals surface area contributed by atoms with Crippen LogP contribution in [0.4, 0.5) is 0 Å². The highest BCUT2D eigenvalue weighted by molar-refractivity contribution is 9.10. The number of nitrogens with zero attached hydrogens (tertiary/aromatic N) is 3. The van der Waals surface area contributed by atoms with Crippen molar-refractivity contribution in [2.24, 2.45) is 5.10 Å². The van der Waals surface area contributed by atoms with Crippen LogP contribution in [-0.2, 0) is 6.61 Å². The van der Waals surface area contributed by atoms with Gasteiger partial charge in [-0.1, -0.05) is 89.8 Å². The summed E-state index contributed by atoms with van der Waals surface area (Å²) in [4.78, 5) is 18.6. The number of hydrogen-bond donors (Lipinski definition) is 0. The fourth-order valence-electron chi connectivity index (χ4n) is 5.56. The molecule has 0 spiro atoms. The van der Waals surface area contributed by atoms with Gasteiger partial charge >= 0.3 is 0 Å². The summed E-state index contributed by atoms with van der Waals surface area (Å²) in [5.74, 6) is 2.05. The molecule has 202 valence electrons. The Balaban J connectivity index is 1.41. The third kappa shape index (κ3) is 5.26. The van der Waals surface area contributed by atoms with Crippen molar-refractivity contribution in [2.75, 3.05) is 7.11 Å². The Hall–Kier alpha value is -3.97. The molecule has 1 aromatic heterocycles. The van der Waals surface area contributed by atoms with Crippen molar-refractivity contribution in [2.45, 2.75) is 44.6 Å². The van der Waals surface area contributed by atoms with E-state index in [0.717, 1.165) is 52.3 Å². The van der Waals surface area contributed by atoms with Gasteiger partial charge in [-0.3, -0.25) is 4.79 Å². The largest absolute Gasteiger partial charge is 0.493 e. The maximum atomic E-state index is 13.7. The van der Waals surface area contributed by atoms with Crippen LogP contribution in [0, 0.1) is 0 Å². The first kappa shape index (κ1) is 26.3. The Bertz CT molecular complexity index is 1770. The van der Waals surface area contributed by atoms with Gasteiger partial charge in [-0.05, 0) is 53.4 Å². The highest BCUT2D eigenvalue weighted by Crippen LogP contribution is 2.36. The van der Waals surface area contributed by atoms with Gasteiger partial charge in [0.15, 0.2) is 11.5 Å². The number of benzene rings is 4. The Morgan fingerprint density at radius 3 is 2.55 bits per heavy atom. The first-order chi connectivity index (χ1) is 19.6. The van der Waals surface area contributed by atoms with E-state index >= 15 is 0 Å². The first-order valence-electron chi connectivity index (χ1n) is 13.7. The van der Waals surface area contributed by atoms with Gasteiger partial charge in [0.1, 0.15) is 12.4 Å². The van der Waals surface area contributed by atoms with E-state index in [1.807, 2.05) is 54.6 Å². The molecule has 6 nitrogen and oxygen atoms in total. The number of hydrogen-bond acceptors (Lipinski definition) is 5. The number of methoxy groups -OCH3 is 1. The van der Waals surface area contributed by atoms with Crippen molar-refractivity contribution in [3.8, 4) is 11.5 Å². The second-order valence-electron chi connectivity index (χ2n) is 10.1. The van der Waals surface area contributed by atoms with Crippen LogP contribution in [0.25, 0.3) is 21.7 Å². The smallest absolute Gasteiger partial charge is 0.282 e. The molecule has 1 fully saturated rings. The molecule has 6 rings (SSSR count). The maximum absolute atomic E-state index is 13.7. The van der Waals surface area contributed by atoms with Gasteiger partial charge in [0.05, 0.1) is 24.2 Å². The van der Waals surface area contributed by atoms with E-state index in [4.69, 9.17) is 19.6 Å². The second-order valence-corrected chi connectivity index (χ2v) is 11.1. The number of halogens is 1. The van der Waals surface area contributed by atoms with Gasteiger partial charge in [-0.2, -0.15) is 9.78 Å². The normalized spacial score (nSPS) is 14.2. The SMILES string of the molecule is COc1cc(Br)cc(C=Nn2c(C3CCCCC3)nc3ccccc3c2=O)c1OCc1cccc2ccccc12. The lowest BCUT2D eigenvalue weighted by molar-refractivity contribution is 0.285. The topological polar surface area (TPSA) is 65.7 Å².